The van der Waals surface area contributed by atoms with Gasteiger partial charge in [0.15, 0.2) is 22.8 Å². The summed E-state index contributed by atoms with van der Waals surface area (Å²) in [6.45, 7) is 2.25. The van der Waals surface area contributed by atoms with Crippen LogP contribution >= 0.6 is 11.3 Å². The number of fused-ring (bicyclic) bond motifs is 1. The monoisotopic (exact) mass is 501 g/mol. The number of anilines is 1. The van der Waals surface area contributed by atoms with Gasteiger partial charge in [-0.15, -0.1) is 0 Å². The van der Waals surface area contributed by atoms with Crippen LogP contribution in [0.2, 0.25) is 0 Å². The number of imidazole rings is 1. The van der Waals surface area contributed by atoms with Crippen LogP contribution < -0.4 is 10.6 Å². The smallest absolute Gasteiger partial charge is 0.251 e. The summed E-state index contributed by atoms with van der Waals surface area (Å²) in [6.07, 6.45) is 6.31. The summed E-state index contributed by atoms with van der Waals surface area (Å²) in [5.74, 6) is 1.42. The van der Waals surface area contributed by atoms with E-state index in [9.17, 15) is 9.59 Å². The van der Waals surface area contributed by atoms with E-state index in [1.54, 1.807) is 17.7 Å². The lowest BCUT2D eigenvalue weighted by atomic mass is 10.1. The Labute approximate surface area is 212 Å². The summed E-state index contributed by atoms with van der Waals surface area (Å²) in [5.41, 5.74) is 3.86. The van der Waals surface area contributed by atoms with E-state index in [0.717, 1.165) is 50.0 Å². The Bertz CT molecular complexity index is 1390. The molecule has 0 atom stereocenters. The molecule has 0 spiro atoms. The van der Waals surface area contributed by atoms with E-state index in [1.807, 2.05) is 45.2 Å². The van der Waals surface area contributed by atoms with E-state index in [-0.39, 0.29) is 11.8 Å². The SMILES string of the molecule is O=C(NC1CC1)c1ccc(-c2nc(NCCCN3CCCC3=O)c3ncn(-c4ccsc4)c3n2)cc1. The Morgan fingerprint density at radius 3 is 2.72 bits per heavy atom. The Morgan fingerprint density at radius 1 is 1.14 bits per heavy atom. The van der Waals surface area contributed by atoms with Gasteiger partial charge in [0.25, 0.3) is 5.91 Å². The van der Waals surface area contributed by atoms with Crippen molar-refractivity contribution in [1.82, 2.24) is 29.7 Å². The largest absolute Gasteiger partial charge is 0.368 e. The molecule has 9 nitrogen and oxygen atoms in total. The third-order valence-corrected chi connectivity index (χ3v) is 7.24. The van der Waals surface area contributed by atoms with Gasteiger partial charge >= 0.3 is 0 Å². The molecule has 4 heterocycles. The number of hydrogen-bond donors (Lipinski definition) is 2. The van der Waals surface area contributed by atoms with Crippen LogP contribution in [0.5, 0.6) is 0 Å². The topological polar surface area (TPSA) is 105 Å². The van der Waals surface area contributed by atoms with Crippen molar-refractivity contribution in [2.24, 2.45) is 0 Å². The molecule has 2 aliphatic rings. The highest BCUT2D eigenvalue weighted by molar-refractivity contribution is 7.08. The molecular formula is C26H27N7O2S. The van der Waals surface area contributed by atoms with Gasteiger partial charge in [0.2, 0.25) is 5.91 Å². The predicted octanol–water partition coefficient (Wildman–Crippen LogP) is 3.86. The number of hydrogen-bond acceptors (Lipinski definition) is 7. The van der Waals surface area contributed by atoms with Gasteiger partial charge in [-0.25, -0.2) is 15.0 Å². The minimum Gasteiger partial charge on any atom is -0.368 e. The summed E-state index contributed by atoms with van der Waals surface area (Å²) in [7, 11) is 0. The first-order valence-corrected chi connectivity index (χ1v) is 13.3. The number of likely N-dealkylation sites (tertiary alicyclic amines) is 1. The number of nitrogens with zero attached hydrogens (tertiary/aromatic N) is 5. The van der Waals surface area contributed by atoms with Crippen molar-refractivity contribution in [3.8, 4) is 17.1 Å². The van der Waals surface area contributed by atoms with Crippen molar-refractivity contribution in [1.29, 1.82) is 0 Å². The second-order valence-corrected chi connectivity index (χ2v) is 10.0. The van der Waals surface area contributed by atoms with Crippen LogP contribution in [0.15, 0.2) is 47.4 Å². The fraction of sp³-hybridized carbons (Fsp3) is 0.346. The summed E-state index contributed by atoms with van der Waals surface area (Å²) in [6, 6.07) is 9.75. The number of thiophene rings is 1. The molecular weight excluding hydrogens is 474 g/mol. The average Bonchev–Trinajstić information content (AvgIpc) is 3.26. The quantitative estimate of drug-likeness (QED) is 0.338. The molecule has 1 aliphatic heterocycles. The second kappa shape index (κ2) is 9.69. The molecule has 1 saturated carbocycles. The van der Waals surface area contributed by atoms with Crippen molar-refractivity contribution in [2.75, 3.05) is 25.0 Å². The van der Waals surface area contributed by atoms with Crippen LogP contribution in [0.1, 0.15) is 42.5 Å². The van der Waals surface area contributed by atoms with Gasteiger partial charge in [-0.3, -0.25) is 14.2 Å². The minimum absolute atomic E-state index is 0.0465. The third kappa shape index (κ3) is 4.68. The summed E-state index contributed by atoms with van der Waals surface area (Å²) < 4.78 is 1.96. The van der Waals surface area contributed by atoms with Crippen molar-refractivity contribution in [3.63, 3.8) is 0 Å². The Balaban J connectivity index is 1.27. The zero-order valence-electron chi connectivity index (χ0n) is 19.8. The van der Waals surface area contributed by atoms with E-state index in [0.29, 0.717) is 47.4 Å². The zero-order valence-corrected chi connectivity index (χ0v) is 20.6. The van der Waals surface area contributed by atoms with E-state index in [2.05, 4.69) is 21.0 Å². The average molecular weight is 502 g/mol. The molecule has 1 aromatic carbocycles. The first-order chi connectivity index (χ1) is 17.7. The molecule has 0 unspecified atom stereocenters. The van der Waals surface area contributed by atoms with Gasteiger partial charge in [0, 0.05) is 48.6 Å². The highest BCUT2D eigenvalue weighted by Crippen LogP contribution is 2.27. The number of carbonyl (C=O) groups is 2. The first kappa shape index (κ1) is 22.7. The minimum atomic E-state index is -0.0465. The molecule has 1 aliphatic carbocycles. The highest BCUT2D eigenvalue weighted by Gasteiger charge is 2.24. The van der Waals surface area contributed by atoms with Crippen LogP contribution in [0, 0.1) is 0 Å². The fourth-order valence-corrected chi connectivity index (χ4v) is 5.05. The summed E-state index contributed by atoms with van der Waals surface area (Å²) >= 11 is 1.62. The third-order valence-electron chi connectivity index (χ3n) is 6.57. The van der Waals surface area contributed by atoms with Crippen LogP contribution in [0.3, 0.4) is 0 Å². The van der Waals surface area contributed by atoms with E-state index in [1.165, 1.54) is 0 Å². The normalized spacial score (nSPS) is 15.6. The summed E-state index contributed by atoms with van der Waals surface area (Å²) in [4.78, 5) is 40.5. The van der Waals surface area contributed by atoms with Gasteiger partial charge in [-0.2, -0.15) is 11.3 Å². The number of nitrogens with one attached hydrogen (secondary N) is 2. The first-order valence-electron chi connectivity index (χ1n) is 12.4. The Kier molecular flexibility index (Phi) is 6.10. The van der Waals surface area contributed by atoms with E-state index in [4.69, 9.17) is 9.97 Å². The van der Waals surface area contributed by atoms with Gasteiger partial charge in [0.1, 0.15) is 6.33 Å². The lowest BCUT2D eigenvalue weighted by molar-refractivity contribution is -0.127. The molecule has 36 heavy (non-hydrogen) atoms. The zero-order chi connectivity index (χ0) is 24.5. The second-order valence-electron chi connectivity index (χ2n) is 9.25. The van der Waals surface area contributed by atoms with Gasteiger partial charge in [-0.05, 0) is 49.3 Å². The van der Waals surface area contributed by atoms with Crippen molar-refractivity contribution in [2.45, 2.75) is 38.1 Å². The maximum Gasteiger partial charge on any atom is 0.251 e. The van der Waals surface area contributed by atoms with Crippen LogP contribution in [-0.4, -0.2) is 61.9 Å². The number of amides is 2. The molecule has 0 bridgehead atoms. The fourth-order valence-electron chi connectivity index (χ4n) is 4.42. The summed E-state index contributed by atoms with van der Waals surface area (Å²) in [5, 5.41) is 10.5. The van der Waals surface area contributed by atoms with Crippen molar-refractivity contribution >= 4 is 40.1 Å². The Morgan fingerprint density at radius 2 is 2.00 bits per heavy atom. The molecule has 1 saturated heterocycles. The number of carbonyl (C=O) groups excluding carboxylic acids is 2. The van der Waals surface area contributed by atoms with Crippen molar-refractivity contribution in [3.05, 3.63) is 53.0 Å². The number of rotatable bonds is 9. The molecule has 184 valence electrons. The lowest BCUT2D eigenvalue weighted by Crippen LogP contribution is -2.27. The number of benzene rings is 1. The predicted molar refractivity (Wildman–Crippen MR) is 139 cm³/mol. The molecule has 2 fully saturated rings. The van der Waals surface area contributed by atoms with Gasteiger partial charge < -0.3 is 15.5 Å². The van der Waals surface area contributed by atoms with Gasteiger partial charge in [0.05, 0.1) is 5.69 Å². The van der Waals surface area contributed by atoms with Crippen molar-refractivity contribution < 1.29 is 9.59 Å². The molecule has 3 aromatic heterocycles. The molecule has 0 radical (unpaired) electrons. The maximum atomic E-state index is 12.4. The molecule has 10 heteroatoms. The molecule has 6 rings (SSSR count). The Hall–Kier alpha value is -3.79. The molecule has 2 amide bonds. The van der Waals surface area contributed by atoms with E-state index < -0.39 is 0 Å². The van der Waals surface area contributed by atoms with Gasteiger partial charge in [-0.1, -0.05) is 12.1 Å². The van der Waals surface area contributed by atoms with Crippen LogP contribution in [0.25, 0.3) is 28.2 Å². The van der Waals surface area contributed by atoms with Crippen LogP contribution in [0.4, 0.5) is 5.82 Å². The van der Waals surface area contributed by atoms with E-state index >= 15 is 0 Å². The van der Waals surface area contributed by atoms with Crippen LogP contribution in [-0.2, 0) is 4.79 Å². The molecule has 2 N–H and O–H groups in total. The lowest BCUT2D eigenvalue weighted by Gasteiger charge is -2.15. The standard InChI is InChI=1S/C26H27N7O2S/c34-21-3-1-12-32(21)13-2-11-27-24-22-25(33(16-28-22)20-10-14-36-15-20)31-23(30-24)17-4-6-18(7-5-17)26(35)29-19-8-9-19/h4-7,10,14-16,19H,1-3,8-9,11-13H2,(H,29,35)(H,27,30,31). The highest BCUT2D eigenvalue weighted by atomic mass is 32.1. The number of aromatic nitrogens is 4. The maximum absolute atomic E-state index is 12.4. The molecule has 4 aromatic rings.